The van der Waals surface area contributed by atoms with Crippen molar-refractivity contribution in [1.82, 2.24) is 5.32 Å². The van der Waals surface area contributed by atoms with E-state index in [0.717, 1.165) is 4.31 Å². The number of anilines is 2. The number of carbonyl (C=O) groups is 2. The number of nitrogens with zero attached hydrogens (tertiary/aromatic N) is 1. The van der Waals surface area contributed by atoms with Crippen LogP contribution in [-0.2, 0) is 14.8 Å². The Kier molecular flexibility index (Phi) is 10.4. The highest BCUT2D eigenvalue weighted by Crippen LogP contribution is 2.32. The molecule has 11 heteroatoms. The Hall–Kier alpha value is -4.25. The average molecular weight is 570 g/mol. The van der Waals surface area contributed by atoms with Crippen LogP contribution in [0.1, 0.15) is 31.1 Å². The number of hydrogen-bond donors (Lipinski definition) is 2. The molecule has 0 heterocycles. The molecule has 0 aromatic heterocycles. The minimum absolute atomic E-state index is 0.0969. The smallest absolute Gasteiger partial charge is 0.264 e. The summed E-state index contributed by atoms with van der Waals surface area (Å²) < 4.78 is 44.7. The fourth-order valence-corrected chi connectivity index (χ4v) is 5.23. The summed E-state index contributed by atoms with van der Waals surface area (Å²) in [5, 5.41) is 5.53. The van der Waals surface area contributed by atoms with Crippen molar-refractivity contribution in [3.05, 3.63) is 72.3 Å². The van der Waals surface area contributed by atoms with E-state index >= 15 is 0 Å². The van der Waals surface area contributed by atoms with Crippen LogP contribution in [0.3, 0.4) is 0 Å². The molecule has 2 N–H and O–H groups in total. The number of sulfonamides is 1. The molecule has 3 aromatic rings. The van der Waals surface area contributed by atoms with Crippen LogP contribution in [0.4, 0.5) is 11.4 Å². The lowest BCUT2D eigenvalue weighted by atomic mass is 10.1. The lowest BCUT2D eigenvalue weighted by molar-refractivity contribution is -0.114. The van der Waals surface area contributed by atoms with Crippen LogP contribution in [0.25, 0.3) is 0 Å². The van der Waals surface area contributed by atoms with Gasteiger partial charge >= 0.3 is 0 Å². The van der Waals surface area contributed by atoms with E-state index in [4.69, 9.17) is 14.2 Å². The summed E-state index contributed by atoms with van der Waals surface area (Å²) in [6.07, 6.45) is 0. The zero-order valence-electron chi connectivity index (χ0n) is 23.3. The highest BCUT2D eigenvalue weighted by molar-refractivity contribution is 7.92. The Bertz CT molecular complexity index is 1420. The first-order valence-electron chi connectivity index (χ1n) is 12.7. The first-order chi connectivity index (χ1) is 19.1. The second kappa shape index (κ2) is 13.7. The Morgan fingerprint density at radius 2 is 1.60 bits per heavy atom. The number of benzene rings is 3. The second-order valence-corrected chi connectivity index (χ2v) is 11.0. The van der Waals surface area contributed by atoms with Crippen molar-refractivity contribution in [3.63, 3.8) is 0 Å². The first kappa shape index (κ1) is 30.3. The van der Waals surface area contributed by atoms with E-state index in [9.17, 15) is 18.0 Å². The molecule has 3 aromatic carbocycles. The Morgan fingerprint density at radius 1 is 0.925 bits per heavy atom. The van der Waals surface area contributed by atoms with Crippen molar-refractivity contribution in [2.75, 3.05) is 43.5 Å². The highest BCUT2D eigenvalue weighted by atomic mass is 32.2. The van der Waals surface area contributed by atoms with Crippen molar-refractivity contribution in [3.8, 4) is 17.2 Å². The number of para-hydroxylation sites is 1. The van der Waals surface area contributed by atoms with E-state index in [2.05, 4.69) is 10.6 Å². The number of carbonyl (C=O) groups excluding carboxylic acids is 2. The first-order valence-corrected chi connectivity index (χ1v) is 14.2. The minimum Gasteiger partial charge on any atom is -0.494 e. The summed E-state index contributed by atoms with van der Waals surface area (Å²) in [6, 6.07) is 17.1. The van der Waals surface area contributed by atoms with Gasteiger partial charge < -0.3 is 24.8 Å². The van der Waals surface area contributed by atoms with Gasteiger partial charge in [0.1, 0.15) is 12.3 Å². The molecule has 0 spiro atoms. The maximum Gasteiger partial charge on any atom is 0.264 e. The lowest BCUT2D eigenvalue weighted by Crippen LogP contribution is -2.38. The van der Waals surface area contributed by atoms with E-state index in [1.54, 1.807) is 48.5 Å². The highest BCUT2D eigenvalue weighted by Gasteiger charge is 2.29. The van der Waals surface area contributed by atoms with Gasteiger partial charge in [-0.1, -0.05) is 26.0 Å². The zero-order chi connectivity index (χ0) is 29.3. The Balaban J connectivity index is 1.96. The molecule has 0 aliphatic rings. The number of methoxy groups -OCH3 is 2. The third kappa shape index (κ3) is 7.44. The molecule has 2 amide bonds. The second-order valence-electron chi connectivity index (χ2n) is 9.15. The van der Waals surface area contributed by atoms with E-state index in [1.165, 1.54) is 32.4 Å². The van der Waals surface area contributed by atoms with E-state index in [0.29, 0.717) is 24.7 Å². The fraction of sp³-hybridized carbons (Fsp3) is 0.310. The maximum atomic E-state index is 13.9. The van der Waals surface area contributed by atoms with Gasteiger partial charge in [-0.25, -0.2) is 8.42 Å². The number of hydrogen-bond acceptors (Lipinski definition) is 7. The van der Waals surface area contributed by atoms with Crippen molar-refractivity contribution < 1.29 is 32.2 Å². The third-order valence-electron chi connectivity index (χ3n) is 5.78. The monoisotopic (exact) mass is 569 g/mol. The summed E-state index contributed by atoms with van der Waals surface area (Å²) in [6.45, 7) is 6.14. The van der Waals surface area contributed by atoms with Crippen LogP contribution in [0.5, 0.6) is 17.2 Å². The molecule has 10 nitrogen and oxygen atoms in total. The summed E-state index contributed by atoms with van der Waals surface area (Å²) in [5.41, 5.74) is 0.784. The van der Waals surface area contributed by atoms with Gasteiger partial charge in [0.05, 0.1) is 42.7 Å². The Labute approximate surface area is 235 Å². The molecule has 0 saturated carbocycles. The molecule has 214 valence electrons. The molecule has 0 saturated heterocycles. The van der Waals surface area contributed by atoms with Crippen LogP contribution in [0, 0.1) is 5.92 Å². The maximum absolute atomic E-state index is 13.9. The fourth-order valence-electron chi connectivity index (χ4n) is 3.80. The van der Waals surface area contributed by atoms with Gasteiger partial charge in [-0.3, -0.25) is 13.9 Å². The Morgan fingerprint density at radius 3 is 2.23 bits per heavy atom. The van der Waals surface area contributed by atoms with Crippen LogP contribution in [-0.4, -0.2) is 54.1 Å². The van der Waals surface area contributed by atoms with Crippen molar-refractivity contribution in [2.45, 2.75) is 25.7 Å². The topological polar surface area (TPSA) is 123 Å². The molecule has 0 atom stereocenters. The summed E-state index contributed by atoms with van der Waals surface area (Å²) in [5.74, 6) is 0.406. The van der Waals surface area contributed by atoms with Gasteiger partial charge in [-0.2, -0.15) is 0 Å². The van der Waals surface area contributed by atoms with Crippen LogP contribution >= 0.6 is 0 Å². The van der Waals surface area contributed by atoms with Gasteiger partial charge in [0.2, 0.25) is 5.91 Å². The number of rotatable bonds is 13. The van der Waals surface area contributed by atoms with Gasteiger partial charge in [0.25, 0.3) is 15.9 Å². The summed E-state index contributed by atoms with van der Waals surface area (Å²) >= 11 is 0. The van der Waals surface area contributed by atoms with E-state index < -0.39 is 22.5 Å². The summed E-state index contributed by atoms with van der Waals surface area (Å²) in [7, 11) is -1.40. The van der Waals surface area contributed by atoms with Crippen LogP contribution in [0.15, 0.2) is 71.6 Å². The zero-order valence-corrected chi connectivity index (χ0v) is 24.1. The van der Waals surface area contributed by atoms with Gasteiger partial charge in [0.15, 0.2) is 11.5 Å². The molecule has 0 aliphatic heterocycles. The van der Waals surface area contributed by atoms with Crippen molar-refractivity contribution in [2.24, 2.45) is 5.92 Å². The SMILES string of the molecule is CCOc1ccc(N(CC(=O)Nc2ccccc2C(=O)NCC(C)C)S(=O)(=O)c2ccc(OC)c(OC)c2)cc1. The average Bonchev–Trinajstić information content (AvgIpc) is 2.95. The molecule has 40 heavy (non-hydrogen) atoms. The van der Waals surface area contributed by atoms with Gasteiger partial charge in [-0.15, -0.1) is 0 Å². The molecule has 0 fully saturated rings. The standard InChI is InChI=1S/C29H35N3O7S/c1-6-39-22-13-11-21(12-14-22)32(40(35,36)23-15-16-26(37-4)27(17-23)38-5)19-28(33)31-25-10-8-7-9-24(25)29(34)30-18-20(2)3/h7-17,20H,6,18-19H2,1-5H3,(H,30,34)(H,31,33). The van der Waals surface area contributed by atoms with Crippen LogP contribution in [0.2, 0.25) is 0 Å². The molecule has 0 aliphatic carbocycles. The predicted molar refractivity (Wildman–Crippen MR) is 154 cm³/mol. The number of nitrogens with one attached hydrogen (secondary N) is 2. The normalized spacial score (nSPS) is 11.1. The molecule has 0 unspecified atom stereocenters. The van der Waals surface area contributed by atoms with E-state index in [1.807, 2.05) is 20.8 Å². The molecular formula is C29H35N3O7S. The molecule has 3 rings (SSSR count). The minimum atomic E-state index is -4.25. The molecule has 0 bridgehead atoms. The van der Waals surface area contributed by atoms with Crippen molar-refractivity contribution in [1.29, 1.82) is 0 Å². The lowest BCUT2D eigenvalue weighted by Gasteiger charge is -2.25. The van der Waals surface area contributed by atoms with Crippen molar-refractivity contribution >= 4 is 33.2 Å². The summed E-state index contributed by atoms with van der Waals surface area (Å²) in [4.78, 5) is 25.9. The predicted octanol–water partition coefficient (Wildman–Crippen LogP) is 4.32. The van der Waals surface area contributed by atoms with Crippen LogP contribution < -0.4 is 29.1 Å². The number of ether oxygens (including phenoxy) is 3. The largest absolute Gasteiger partial charge is 0.494 e. The number of amides is 2. The molecular weight excluding hydrogens is 534 g/mol. The van der Waals surface area contributed by atoms with Gasteiger partial charge in [0, 0.05) is 12.6 Å². The molecule has 0 radical (unpaired) electrons. The van der Waals surface area contributed by atoms with E-state index in [-0.39, 0.29) is 39.4 Å². The third-order valence-corrected chi connectivity index (χ3v) is 7.55. The quantitative estimate of drug-likeness (QED) is 0.314. The van der Waals surface area contributed by atoms with Gasteiger partial charge in [-0.05, 0) is 61.4 Å².